The first kappa shape index (κ1) is 20.9. The molecule has 0 radical (unpaired) electrons. The number of carbonyl (C=O) groups is 2. The van der Waals surface area contributed by atoms with Crippen LogP contribution in [0.5, 0.6) is 5.75 Å². The van der Waals surface area contributed by atoms with Crippen LogP contribution in [0.15, 0.2) is 48.5 Å². The molecule has 8 heteroatoms. The van der Waals surface area contributed by atoms with Gasteiger partial charge in [-0.1, -0.05) is 36.4 Å². The van der Waals surface area contributed by atoms with E-state index in [4.69, 9.17) is 5.73 Å². The molecule has 1 amide bonds. The molecule has 4 N–H and O–H groups in total. The molecule has 6 nitrogen and oxygen atoms in total. The normalized spacial score (nSPS) is 13.0. The van der Waals surface area contributed by atoms with Crippen molar-refractivity contribution < 1.29 is 19.8 Å². The lowest BCUT2D eigenvalue weighted by Crippen LogP contribution is -2.48. The van der Waals surface area contributed by atoms with Crippen LogP contribution in [-0.4, -0.2) is 37.3 Å². The molecule has 0 aliphatic heterocycles. The minimum Gasteiger partial charge on any atom is -0.508 e. The summed E-state index contributed by atoms with van der Waals surface area (Å²) in [6.45, 7) is 0. The number of phenolic OH excluding ortho intramolecular Hbond substituents is 1. The molecule has 0 bridgehead atoms. The standard InChI is InChI=1S/C18H18I2N2O4/c19-14-10-13(23)7-6-12(14)9-16(18(25)26)22(20)17(24)15(21)8-11-4-2-1-3-5-11/h1-7,10,15-16,23H,8-9,21H2,(H,25,26). The number of nitrogens with zero attached hydrogens (tertiary/aromatic N) is 1. The van der Waals surface area contributed by atoms with Crippen molar-refractivity contribution in [1.82, 2.24) is 3.11 Å². The van der Waals surface area contributed by atoms with Crippen LogP contribution in [0.2, 0.25) is 0 Å². The number of aromatic hydroxyl groups is 1. The van der Waals surface area contributed by atoms with Crippen molar-refractivity contribution in [3.63, 3.8) is 0 Å². The summed E-state index contributed by atoms with van der Waals surface area (Å²) in [4.78, 5) is 24.3. The largest absolute Gasteiger partial charge is 0.508 e. The molecule has 2 aromatic rings. The molecule has 2 aromatic carbocycles. The average molecular weight is 580 g/mol. The van der Waals surface area contributed by atoms with E-state index >= 15 is 0 Å². The lowest BCUT2D eigenvalue weighted by Gasteiger charge is -2.25. The Balaban J connectivity index is 2.12. The number of phenols is 1. The van der Waals surface area contributed by atoms with Gasteiger partial charge in [-0.2, -0.15) is 0 Å². The first-order valence-corrected chi connectivity index (χ1v) is 9.82. The summed E-state index contributed by atoms with van der Waals surface area (Å²) in [6, 6.07) is 12.2. The molecule has 2 atom stereocenters. The molecule has 26 heavy (non-hydrogen) atoms. The molecule has 138 valence electrons. The molecule has 0 fully saturated rings. The second-order valence-electron chi connectivity index (χ2n) is 5.78. The van der Waals surface area contributed by atoms with E-state index in [0.717, 1.165) is 17.8 Å². The molecular formula is C18H18I2N2O4. The molecule has 0 aliphatic rings. The third kappa shape index (κ3) is 5.55. The highest BCUT2D eigenvalue weighted by Crippen LogP contribution is 2.23. The molecule has 0 aromatic heterocycles. The zero-order valence-electron chi connectivity index (χ0n) is 13.7. The second-order valence-corrected chi connectivity index (χ2v) is 7.98. The number of carbonyl (C=O) groups excluding carboxylic acids is 1. The van der Waals surface area contributed by atoms with Crippen molar-refractivity contribution in [1.29, 1.82) is 0 Å². The third-order valence-corrected chi connectivity index (χ3v) is 5.99. The number of rotatable bonds is 7. The molecule has 0 saturated carbocycles. The van der Waals surface area contributed by atoms with Gasteiger partial charge in [0.2, 0.25) is 5.91 Å². The lowest BCUT2D eigenvalue weighted by molar-refractivity contribution is -0.145. The van der Waals surface area contributed by atoms with E-state index in [9.17, 15) is 19.8 Å². The molecule has 0 spiro atoms. The summed E-state index contributed by atoms with van der Waals surface area (Å²) < 4.78 is 1.90. The third-order valence-electron chi connectivity index (χ3n) is 3.83. The van der Waals surface area contributed by atoms with E-state index in [-0.39, 0.29) is 12.2 Å². The van der Waals surface area contributed by atoms with Crippen LogP contribution < -0.4 is 5.73 Å². The van der Waals surface area contributed by atoms with Gasteiger partial charge in [0.15, 0.2) is 0 Å². The van der Waals surface area contributed by atoms with Crippen LogP contribution in [0.4, 0.5) is 0 Å². The molecular weight excluding hydrogens is 562 g/mol. The Bertz CT molecular complexity index is 786. The Kier molecular flexibility index (Phi) is 7.65. The Morgan fingerprint density at radius 2 is 1.77 bits per heavy atom. The Labute approximate surface area is 179 Å². The number of halogens is 2. The maximum atomic E-state index is 12.6. The van der Waals surface area contributed by atoms with E-state index in [1.165, 1.54) is 6.07 Å². The molecule has 0 heterocycles. The number of carboxylic acid groups (broad SMARTS) is 1. The van der Waals surface area contributed by atoms with Crippen LogP contribution in [-0.2, 0) is 22.4 Å². The second kappa shape index (κ2) is 9.51. The van der Waals surface area contributed by atoms with Gasteiger partial charge in [0.1, 0.15) is 11.8 Å². The monoisotopic (exact) mass is 580 g/mol. The van der Waals surface area contributed by atoms with E-state index < -0.39 is 24.0 Å². The number of amides is 1. The van der Waals surface area contributed by atoms with Crippen LogP contribution in [0.3, 0.4) is 0 Å². The van der Waals surface area contributed by atoms with Gasteiger partial charge in [0.25, 0.3) is 0 Å². The zero-order valence-corrected chi connectivity index (χ0v) is 18.0. The van der Waals surface area contributed by atoms with Crippen LogP contribution >= 0.6 is 45.5 Å². The molecule has 2 rings (SSSR count). The summed E-state index contributed by atoms with van der Waals surface area (Å²) in [7, 11) is 0. The first-order valence-electron chi connectivity index (χ1n) is 7.78. The number of benzene rings is 2. The summed E-state index contributed by atoms with van der Waals surface area (Å²) in [5, 5.41) is 19.1. The first-order chi connectivity index (χ1) is 12.3. The van der Waals surface area contributed by atoms with Gasteiger partial charge >= 0.3 is 5.97 Å². The van der Waals surface area contributed by atoms with Gasteiger partial charge in [-0.25, -0.2) is 4.79 Å². The van der Waals surface area contributed by atoms with E-state index in [0.29, 0.717) is 6.42 Å². The summed E-state index contributed by atoms with van der Waals surface area (Å²) >= 11 is 3.75. The number of carboxylic acids is 1. The van der Waals surface area contributed by atoms with Crippen LogP contribution in [0.1, 0.15) is 11.1 Å². The minimum absolute atomic E-state index is 0.109. The highest BCUT2D eigenvalue weighted by molar-refractivity contribution is 14.1. The van der Waals surface area contributed by atoms with Crippen LogP contribution in [0.25, 0.3) is 0 Å². The Hall–Kier alpha value is -1.40. The van der Waals surface area contributed by atoms with Gasteiger partial charge in [0.05, 0.1) is 28.9 Å². The van der Waals surface area contributed by atoms with Crippen molar-refractivity contribution >= 4 is 57.3 Å². The summed E-state index contributed by atoms with van der Waals surface area (Å²) in [6.07, 6.45) is 0.461. The fourth-order valence-electron chi connectivity index (χ4n) is 2.44. The van der Waals surface area contributed by atoms with E-state index in [1.54, 1.807) is 35.0 Å². The topological polar surface area (TPSA) is 104 Å². The van der Waals surface area contributed by atoms with Crippen molar-refractivity contribution in [2.24, 2.45) is 5.73 Å². The SMILES string of the molecule is NC(Cc1ccccc1)C(=O)N(I)C(Cc1ccc(O)cc1I)C(=O)O. The Morgan fingerprint density at radius 1 is 1.12 bits per heavy atom. The maximum absolute atomic E-state index is 12.6. The lowest BCUT2D eigenvalue weighted by atomic mass is 10.0. The predicted octanol–water partition coefficient (Wildman–Crippen LogP) is 2.74. The fraction of sp³-hybridized carbons (Fsp3) is 0.222. The summed E-state index contributed by atoms with van der Waals surface area (Å²) in [5.74, 6) is -1.43. The number of aliphatic carboxylic acids is 1. The predicted molar refractivity (Wildman–Crippen MR) is 115 cm³/mol. The molecule has 0 aliphatic carbocycles. The van der Waals surface area contributed by atoms with E-state index in [2.05, 4.69) is 0 Å². The zero-order chi connectivity index (χ0) is 19.3. The van der Waals surface area contributed by atoms with Gasteiger partial charge in [0, 0.05) is 9.99 Å². The van der Waals surface area contributed by atoms with Gasteiger partial charge in [-0.05, 0) is 52.3 Å². The van der Waals surface area contributed by atoms with Crippen molar-refractivity contribution in [2.75, 3.05) is 0 Å². The van der Waals surface area contributed by atoms with Gasteiger partial charge in [-0.15, -0.1) is 0 Å². The van der Waals surface area contributed by atoms with E-state index in [1.807, 2.05) is 52.9 Å². The maximum Gasteiger partial charge on any atom is 0.327 e. The highest BCUT2D eigenvalue weighted by Gasteiger charge is 2.31. The molecule has 0 saturated heterocycles. The summed E-state index contributed by atoms with van der Waals surface area (Å²) in [5.41, 5.74) is 7.66. The number of hydrogen-bond acceptors (Lipinski definition) is 4. The van der Waals surface area contributed by atoms with Crippen LogP contribution in [0, 0.1) is 3.57 Å². The van der Waals surface area contributed by atoms with Crippen molar-refractivity contribution in [3.05, 3.63) is 63.2 Å². The van der Waals surface area contributed by atoms with Crippen molar-refractivity contribution in [2.45, 2.75) is 24.9 Å². The van der Waals surface area contributed by atoms with Gasteiger partial charge in [-0.3, -0.25) is 7.91 Å². The van der Waals surface area contributed by atoms with Gasteiger partial charge < -0.3 is 15.9 Å². The average Bonchev–Trinajstić information content (AvgIpc) is 2.60. The smallest absolute Gasteiger partial charge is 0.327 e. The minimum atomic E-state index is -1.11. The number of hydrogen-bond donors (Lipinski definition) is 3. The number of nitrogens with two attached hydrogens (primary N) is 1. The Morgan fingerprint density at radius 3 is 2.35 bits per heavy atom. The highest BCUT2D eigenvalue weighted by atomic mass is 127. The van der Waals surface area contributed by atoms with Crippen molar-refractivity contribution in [3.8, 4) is 5.75 Å². The fourth-order valence-corrected chi connectivity index (χ4v) is 3.95. The quantitative estimate of drug-likeness (QED) is 0.346. The molecule has 2 unspecified atom stereocenters.